The molecule has 1 aromatic heterocycles. The summed E-state index contributed by atoms with van der Waals surface area (Å²) in [7, 11) is 3.94. The fourth-order valence-corrected chi connectivity index (χ4v) is 1.91. The molecule has 0 aliphatic carbocycles. The number of aromatic nitrogens is 2. The van der Waals surface area contributed by atoms with Gasteiger partial charge in [0.2, 0.25) is 0 Å². The van der Waals surface area contributed by atoms with Crippen molar-refractivity contribution in [2.24, 2.45) is 7.05 Å². The highest BCUT2D eigenvalue weighted by atomic mass is 15.3. The van der Waals surface area contributed by atoms with Gasteiger partial charge in [0.1, 0.15) is 0 Å². The predicted molar refractivity (Wildman–Crippen MR) is 65.3 cm³/mol. The molecule has 1 unspecified atom stereocenters. The molecule has 0 saturated heterocycles. The number of nitrogens with zero attached hydrogens (tertiary/aromatic N) is 2. The molecule has 84 valence electrons. The second kappa shape index (κ2) is 4.49. The Morgan fingerprint density at radius 2 is 1.88 bits per heavy atom. The third-order valence-electron chi connectivity index (χ3n) is 2.85. The third kappa shape index (κ3) is 1.99. The van der Waals surface area contributed by atoms with Gasteiger partial charge < -0.3 is 5.32 Å². The summed E-state index contributed by atoms with van der Waals surface area (Å²) in [6.07, 6.45) is 1.83. The summed E-state index contributed by atoms with van der Waals surface area (Å²) < 4.78 is 1.90. The van der Waals surface area contributed by atoms with Gasteiger partial charge in [-0.2, -0.15) is 5.10 Å². The first-order valence-electron chi connectivity index (χ1n) is 5.44. The van der Waals surface area contributed by atoms with Crippen LogP contribution >= 0.6 is 0 Å². The van der Waals surface area contributed by atoms with Crippen molar-refractivity contribution < 1.29 is 0 Å². The second-order valence-corrected chi connectivity index (χ2v) is 4.01. The molecule has 1 atom stereocenters. The van der Waals surface area contributed by atoms with E-state index < -0.39 is 0 Å². The SMILES string of the molecule is CNC(c1ccc(C)cc1)c1ccnn1C. The Morgan fingerprint density at radius 3 is 2.38 bits per heavy atom. The Hall–Kier alpha value is -1.61. The van der Waals surface area contributed by atoms with Crippen molar-refractivity contribution in [2.45, 2.75) is 13.0 Å². The lowest BCUT2D eigenvalue weighted by Gasteiger charge is -2.17. The van der Waals surface area contributed by atoms with E-state index in [1.165, 1.54) is 16.8 Å². The van der Waals surface area contributed by atoms with Crippen LogP contribution in [-0.4, -0.2) is 16.8 Å². The van der Waals surface area contributed by atoms with Crippen LogP contribution < -0.4 is 5.32 Å². The molecule has 0 saturated carbocycles. The second-order valence-electron chi connectivity index (χ2n) is 4.01. The van der Waals surface area contributed by atoms with E-state index in [1.54, 1.807) is 0 Å². The minimum absolute atomic E-state index is 0.202. The van der Waals surface area contributed by atoms with Gasteiger partial charge in [-0.1, -0.05) is 29.8 Å². The normalized spacial score (nSPS) is 12.7. The summed E-state index contributed by atoms with van der Waals surface area (Å²) in [6.45, 7) is 2.10. The smallest absolute Gasteiger partial charge is 0.0745 e. The topological polar surface area (TPSA) is 29.9 Å². The van der Waals surface area contributed by atoms with Crippen molar-refractivity contribution in [3.05, 3.63) is 53.3 Å². The van der Waals surface area contributed by atoms with Gasteiger partial charge in [-0.15, -0.1) is 0 Å². The van der Waals surface area contributed by atoms with E-state index in [-0.39, 0.29) is 6.04 Å². The highest BCUT2D eigenvalue weighted by Crippen LogP contribution is 2.21. The van der Waals surface area contributed by atoms with E-state index in [0.29, 0.717) is 0 Å². The Morgan fingerprint density at radius 1 is 1.19 bits per heavy atom. The van der Waals surface area contributed by atoms with Crippen LogP contribution in [0.4, 0.5) is 0 Å². The molecular weight excluding hydrogens is 198 g/mol. The van der Waals surface area contributed by atoms with Crippen LogP contribution in [0, 0.1) is 6.92 Å². The lowest BCUT2D eigenvalue weighted by molar-refractivity contribution is 0.606. The van der Waals surface area contributed by atoms with Gasteiger partial charge in [0, 0.05) is 13.2 Å². The van der Waals surface area contributed by atoms with Crippen LogP contribution in [0.1, 0.15) is 22.9 Å². The molecule has 1 aromatic carbocycles. The minimum atomic E-state index is 0.202. The van der Waals surface area contributed by atoms with E-state index in [2.05, 4.69) is 41.6 Å². The number of nitrogens with one attached hydrogen (secondary N) is 1. The Labute approximate surface area is 96.1 Å². The van der Waals surface area contributed by atoms with E-state index in [1.807, 2.05) is 31.0 Å². The molecule has 2 aromatic rings. The maximum absolute atomic E-state index is 4.21. The average Bonchev–Trinajstić information content (AvgIpc) is 2.69. The fraction of sp³-hybridized carbons (Fsp3) is 0.308. The molecule has 3 nitrogen and oxygen atoms in total. The zero-order valence-corrected chi connectivity index (χ0v) is 9.94. The standard InChI is InChI=1S/C13H17N3/c1-10-4-6-11(7-5-10)13(14-2)12-8-9-15-16(12)3/h4-9,13-14H,1-3H3. The molecule has 2 rings (SSSR count). The number of hydrogen-bond acceptors (Lipinski definition) is 2. The van der Waals surface area contributed by atoms with Crippen LogP contribution in [0.25, 0.3) is 0 Å². The van der Waals surface area contributed by atoms with Crippen molar-refractivity contribution in [1.82, 2.24) is 15.1 Å². The molecule has 3 heteroatoms. The highest BCUT2D eigenvalue weighted by Gasteiger charge is 2.14. The van der Waals surface area contributed by atoms with Crippen LogP contribution in [-0.2, 0) is 7.05 Å². The largest absolute Gasteiger partial charge is 0.308 e. The van der Waals surface area contributed by atoms with Crippen molar-refractivity contribution in [1.29, 1.82) is 0 Å². The summed E-state index contributed by atoms with van der Waals surface area (Å²) in [6, 6.07) is 10.8. The Bertz CT molecular complexity index is 456. The van der Waals surface area contributed by atoms with Crippen molar-refractivity contribution in [3.63, 3.8) is 0 Å². The molecule has 16 heavy (non-hydrogen) atoms. The summed E-state index contributed by atoms with van der Waals surface area (Å²) in [4.78, 5) is 0. The zero-order chi connectivity index (χ0) is 11.5. The molecule has 0 spiro atoms. The van der Waals surface area contributed by atoms with Gasteiger partial charge >= 0.3 is 0 Å². The van der Waals surface area contributed by atoms with E-state index in [4.69, 9.17) is 0 Å². The van der Waals surface area contributed by atoms with Gasteiger partial charge in [-0.3, -0.25) is 4.68 Å². The minimum Gasteiger partial charge on any atom is -0.308 e. The molecule has 0 bridgehead atoms. The molecule has 0 aliphatic heterocycles. The maximum Gasteiger partial charge on any atom is 0.0745 e. The number of hydrogen-bond donors (Lipinski definition) is 1. The first-order valence-corrected chi connectivity index (χ1v) is 5.44. The Balaban J connectivity index is 2.37. The number of rotatable bonds is 3. The van der Waals surface area contributed by atoms with Crippen molar-refractivity contribution in [3.8, 4) is 0 Å². The van der Waals surface area contributed by atoms with Crippen molar-refractivity contribution in [2.75, 3.05) is 7.05 Å². The van der Waals surface area contributed by atoms with Crippen LogP contribution in [0.5, 0.6) is 0 Å². The molecular formula is C13H17N3. The highest BCUT2D eigenvalue weighted by molar-refractivity contribution is 5.29. The lowest BCUT2D eigenvalue weighted by Crippen LogP contribution is -2.20. The molecule has 0 fully saturated rings. The summed E-state index contributed by atoms with van der Waals surface area (Å²) in [5.41, 5.74) is 3.71. The van der Waals surface area contributed by atoms with Gasteiger partial charge in [-0.25, -0.2) is 0 Å². The lowest BCUT2D eigenvalue weighted by atomic mass is 10.0. The van der Waals surface area contributed by atoms with Crippen LogP contribution in [0.2, 0.25) is 0 Å². The maximum atomic E-state index is 4.21. The van der Waals surface area contributed by atoms with E-state index in [9.17, 15) is 0 Å². The van der Waals surface area contributed by atoms with Crippen molar-refractivity contribution >= 4 is 0 Å². The van der Waals surface area contributed by atoms with Crippen LogP contribution in [0.15, 0.2) is 36.5 Å². The van der Waals surface area contributed by atoms with Gasteiger partial charge in [-0.05, 0) is 25.6 Å². The van der Waals surface area contributed by atoms with Gasteiger partial charge in [0.25, 0.3) is 0 Å². The summed E-state index contributed by atoms with van der Waals surface area (Å²) in [5, 5.41) is 7.53. The first-order chi connectivity index (χ1) is 7.72. The first kappa shape index (κ1) is 10.9. The summed E-state index contributed by atoms with van der Waals surface area (Å²) in [5.74, 6) is 0. The fourth-order valence-electron chi connectivity index (χ4n) is 1.91. The molecule has 0 radical (unpaired) electrons. The summed E-state index contributed by atoms with van der Waals surface area (Å²) >= 11 is 0. The molecule has 0 aliphatic rings. The van der Waals surface area contributed by atoms with E-state index >= 15 is 0 Å². The van der Waals surface area contributed by atoms with E-state index in [0.717, 1.165) is 0 Å². The molecule has 0 amide bonds. The molecule has 1 N–H and O–H groups in total. The van der Waals surface area contributed by atoms with Gasteiger partial charge in [0.05, 0.1) is 11.7 Å². The Kier molecular flexibility index (Phi) is 3.06. The monoisotopic (exact) mass is 215 g/mol. The molecule has 1 heterocycles. The third-order valence-corrected chi connectivity index (χ3v) is 2.85. The van der Waals surface area contributed by atoms with Gasteiger partial charge in [0.15, 0.2) is 0 Å². The zero-order valence-electron chi connectivity index (χ0n) is 9.94. The number of benzene rings is 1. The quantitative estimate of drug-likeness (QED) is 0.849. The predicted octanol–water partition coefficient (Wildman–Crippen LogP) is 2.04. The number of aryl methyl sites for hydroxylation is 2. The average molecular weight is 215 g/mol. The van der Waals surface area contributed by atoms with Crippen LogP contribution in [0.3, 0.4) is 0 Å².